The molecule has 1 aliphatic rings. The average molecular weight is 220 g/mol. The highest BCUT2D eigenvalue weighted by molar-refractivity contribution is 4.91. The van der Waals surface area contributed by atoms with E-state index < -0.39 is 0 Å². The van der Waals surface area contributed by atoms with Gasteiger partial charge in [-0.2, -0.15) is 0 Å². The maximum atomic E-state index is 11.9. The van der Waals surface area contributed by atoms with Gasteiger partial charge in [0.15, 0.2) is 0 Å². The second kappa shape index (κ2) is 5.19. The zero-order chi connectivity index (χ0) is 11.4. The van der Waals surface area contributed by atoms with E-state index in [4.69, 9.17) is 0 Å². The predicted molar refractivity (Wildman–Crippen MR) is 65.6 cm³/mol. The van der Waals surface area contributed by atoms with Crippen molar-refractivity contribution in [3.05, 3.63) is 35.5 Å². The van der Waals surface area contributed by atoms with Crippen molar-refractivity contribution in [1.29, 1.82) is 0 Å². The van der Waals surface area contributed by atoms with Gasteiger partial charge in [-0.25, -0.2) is 4.79 Å². The van der Waals surface area contributed by atoms with Crippen molar-refractivity contribution < 1.29 is 0 Å². The van der Waals surface area contributed by atoms with Crippen LogP contribution < -0.4 is 5.69 Å². The molecule has 1 saturated carbocycles. The Balaban J connectivity index is 1.80. The quantitative estimate of drug-likeness (QED) is 0.512. The van der Waals surface area contributed by atoms with Crippen LogP contribution in [-0.2, 0) is 6.54 Å². The van der Waals surface area contributed by atoms with Crippen molar-refractivity contribution in [2.24, 2.45) is 0 Å². The molecule has 0 unspecified atom stereocenters. The van der Waals surface area contributed by atoms with Gasteiger partial charge in [-0.15, -0.1) is 6.58 Å². The third-order valence-corrected chi connectivity index (χ3v) is 3.12. The highest BCUT2D eigenvalue weighted by Crippen LogP contribution is 2.33. The predicted octanol–water partition coefficient (Wildman–Crippen LogP) is 2.73. The summed E-state index contributed by atoms with van der Waals surface area (Å²) in [5.74, 6) is 0. The average Bonchev–Trinajstić information content (AvgIpc) is 3.05. The van der Waals surface area contributed by atoms with E-state index in [1.54, 1.807) is 0 Å². The zero-order valence-electron chi connectivity index (χ0n) is 9.77. The van der Waals surface area contributed by atoms with Crippen LogP contribution in [-0.4, -0.2) is 9.13 Å². The van der Waals surface area contributed by atoms with Gasteiger partial charge in [0.2, 0.25) is 0 Å². The van der Waals surface area contributed by atoms with E-state index >= 15 is 0 Å². The molecule has 3 heteroatoms. The number of imidazole rings is 1. The summed E-state index contributed by atoms with van der Waals surface area (Å²) in [5.41, 5.74) is 0.172. The lowest BCUT2D eigenvalue weighted by molar-refractivity contribution is 0.561. The molecular formula is C13H20N2O. The molecular weight excluding hydrogens is 200 g/mol. The monoisotopic (exact) mass is 220 g/mol. The number of rotatable bonds is 7. The number of unbranched alkanes of at least 4 members (excludes halogenated alkanes) is 3. The van der Waals surface area contributed by atoms with Gasteiger partial charge < -0.3 is 0 Å². The second-order valence-electron chi connectivity index (χ2n) is 4.55. The first-order valence-electron chi connectivity index (χ1n) is 6.21. The largest absolute Gasteiger partial charge is 0.328 e. The van der Waals surface area contributed by atoms with Crippen LogP contribution in [0.25, 0.3) is 0 Å². The van der Waals surface area contributed by atoms with E-state index in [-0.39, 0.29) is 5.69 Å². The smallest absolute Gasteiger partial charge is 0.299 e. The van der Waals surface area contributed by atoms with E-state index in [9.17, 15) is 4.79 Å². The summed E-state index contributed by atoms with van der Waals surface area (Å²) in [6.07, 6.45) is 12.7. The van der Waals surface area contributed by atoms with Crippen molar-refractivity contribution in [3.8, 4) is 0 Å². The number of aromatic nitrogens is 2. The van der Waals surface area contributed by atoms with Crippen LogP contribution in [0.3, 0.4) is 0 Å². The molecule has 0 spiro atoms. The molecule has 16 heavy (non-hydrogen) atoms. The topological polar surface area (TPSA) is 26.9 Å². The van der Waals surface area contributed by atoms with Gasteiger partial charge >= 0.3 is 5.69 Å². The molecule has 1 aromatic heterocycles. The summed E-state index contributed by atoms with van der Waals surface area (Å²) >= 11 is 0. The van der Waals surface area contributed by atoms with Crippen LogP contribution in [0.4, 0.5) is 0 Å². The van der Waals surface area contributed by atoms with Crippen LogP contribution >= 0.6 is 0 Å². The van der Waals surface area contributed by atoms with Crippen LogP contribution in [0.5, 0.6) is 0 Å². The van der Waals surface area contributed by atoms with Crippen LogP contribution in [0.2, 0.25) is 0 Å². The number of allylic oxidation sites excluding steroid dienone is 1. The molecule has 1 aromatic rings. The number of hydrogen-bond acceptors (Lipinski definition) is 1. The van der Waals surface area contributed by atoms with Gasteiger partial charge in [-0.3, -0.25) is 9.13 Å². The molecule has 2 rings (SSSR count). The van der Waals surface area contributed by atoms with Gasteiger partial charge in [0.05, 0.1) is 0 Å². The SMILES string of the molecule is C=CCCCCCn1ccn(C2CC2)c1=O. The summed E-state index contributed by atoms with van der Waals surface area (Å²) in [5, 5.41) is 0. The first-order chi connectivity index (χ1) is 7.83. The summed E-state index contributed by atoms with van der Waals surface area (Å²) < 4.78 is 3.72. The van der Waals surface area contributed by atoms with Gasteiger partial charge in [-0.1, -0.05) is 12.5 Å². The number of nitrogens with zero attached hydrogens (tertiary/aromatic N) is 2. The Labute approximate surface area is 96.4 Å². The summed E-state index contributed by atoms with van der Waals surface area (Å²) in [4.78, 5) is 11.9. The van der Waals surface area contributed by atoms with Crippen LogP contribution in [0.1, 0.15) is 44.6 Å². The summed E-state index contributed by atoms with van der Waals surface area (Å²) in [6.45, 7) is 4.56. The van der Waals surface area contributed by atoms with Gasteiger partial charge in [0, 0.05) is 25.0 Å². The molecule has 88 valence electrons. The minimum Gasteiger partial charge on any atom is -0.299 e. The molecule has 0 aliphatic heterocycles. The Morgan fingerprint density at radius 2 is 2.12 bits per heavy atom. The fourth-order valence-electron chi connectivity index (χ4n) is 1.98. The van der Waals surface area contributed by atoms with E-state index in [0.29, 0.717) is 6.04 Å². The lowest BCUT2D eigenvalue weighted by Gasteiger charge is -2.01. The minimum absolute atomic E-state index is 0.172. The molecule has 0 bridgehead atoms. The number of hydrogen-bond donors (Lipinski definition) is 0. The standard InChI is InChI=1S/C13H20N2O/c1-2-3-4-5-6-9-14-10-11-15(13(14)16)12-7-8-12/h2,10-12H,1,3-9H2. The first kappa shape index (κ1) is 11.2. The van der Waals surface area contributed by atoms with E-state index in [1.807, 2.05) is 27.6 Å². The highest BCUT2D eigenvalue weighted by Gasteiger charge is 2.25. The normalized spacial score (nSPS) is 15.2. The van der Waals surface area contributed by atoms with Crippen LogP contribution in [0.15, 0.2) is 29.8 Å². The Kier molecular flexibility index (Phi) is 3.65. The maximum absolute atomic E-state index is 11.9. The molecule has 1 fully saturated rings. The maximum Gasteiger partial charge on any atom is 0.328 e. The fourth-order valence-corrected chi connectivity index (χ4v) is 1.98. The van der Waals surface area contributed by atoms with E-state index in [0.717, 1.165) is 19.4 Å². The molecule has 0 radical (unpaired) electrons. The van der Waals surface area contributed by atoms with E-state index in [2.05, 4.69) is 6.58 Å². The Hall–Kier alpha value is -1.25. The summed E-state index contributed by atoms with van der Waals surface area (Å²) in [6, 6.07) is 0.495. The lowest BCUT2D eigenvalue weighted by atomic mass is 10.2. The number of aryl methyl sites for hydroxylation is 1. The second-order valence-corrected chi connectivity index (χ2v) is 4.55. The molecule has 0 N–H and O–H groups in total. The van der Waals surface area contributed by atoms with Gasteiger partial charge in [-0.05, 0) is 32.1 Å². The van der Waals surface area contributed by atoms with Crippen molar-refractivity contribution in [2.75, 3.05) is 0 Å². The Morgan fingerprint density at radius 3 is 2.81 bits per heavy atom. The molecule has 1 heterocycles. The molecule has 0 aromatic carbocycles. The third-order valence-electron chi connectivity index (χ3n) is 3.12. The van der Waals surface area contributed by atoms with E-state index in [1.165, 1.54) is 25.7 Å². The van der Waals surface area contributed by atoms with Gasteiger partial charge in [0.1, 0.15) is 0 Å². The fraction of sp³-hybridized carbons (Fsp3) is 0.615. The van der Waals surface area contributed by atoms with Crippen LogP contribution in [0, 0.1) is 0 Å². The van der Waals surface area contributed by atoms with Crippen molar-refractivity contribution >= 4 is 0 Å². The zero-order valence-corrected chi connectivity index (χ0v) is 9.77. The summed E-state index contributed by atoms with van der Waals surface area (Å²) in [7, 11) is 0. The lowest BCUT2D eigenvalue weighted by Crippen LogP contribution is -2.23. The molecule has 3 nitrogen and oxygen atoms in total. The molecule has 0 atom stereocenters. The Bertz CT molecular complexity index is 398. The third kappa shape index (κ3) is 2.65. The van der Waals surface area contributed by atoms with Gasteiger partial charge in [0.25, 0.3) is 0 Å². The van der Waals surface area contributed by atoms with Crippen molar-refractivity contribution in [2.45, 2.75) is 51.1 Å². The molecule has 0 saturated heterocycles. The van der Waals surface area contributed by atoms with Crippen molar-refractivity contribution in [3.63, 3.8) is 0 Å². The molecule has 1 aliphatic carbocycles. The minimum atomic E-state index is 0.172. The highest BCUT2D eigenvalue weighted by atomic mass is 16.1. The first-order valence-corrected chi connectivity index (χ1v) is 6.21. The van der Waals surface area contributed by atoms with Crippen molar-refractivity contribution in [1.82, 2.24) is 9.13 Å². The Morgan fingerprint density at radius 1 is 1.31 bits per heavy atom. The molecule has 0 amide bonds.